The normalized spacial score (nSPS) is 22.5. The number of benzene rings is 2. The first-order valence-electron chi connectivity index (χ1n) is 11.9. The minimum Gasteiger partial charge on any atom is -0.298 e. The summed E-state index contributed by atoms with van der Waals surface area (Å²) in [6.45, 7) is 7.02. The van der Waals surface area contributed by atoms with Gasteiger partial charge in [0.2, 0.25) is 0 Å². The van der Waals surface area contributed by atoms with Gasteiger partial charge in [0.05, 0.1) is 13.5 Å². The molecular weight excluding hydrogens is 380 g/mol. The fourth-order valence-corrected chi connectivity index (χ4v) is 8.10. The smallest absolute Gasteiger partial charge is 0.146 e. The van der Waals surface area contributed by atoms with E-state index in [4.69, 9.17) is 0 Å². The van der Waals surface area contributed by atoms with Gasteiger partial charge in [0.15, 0.2) is 0 Å². The average Bonchev–Trinajstić information content (AvgIpc) is 2.80. The minimum atomic E-state index is -1.42. The Morgan fingerprint density at radius 2 is 1.47 bits per heavy atom. The van der Waals surface area contributed by atoms with E-state index in [1.54, 1.807) is 0 Å². The van der Waals surface area contributed by atoms with Gasteiger partial charge in [-0.1, -0.05) is 118 Å². The molecule has 3 rings (SSSR count). The lowest BCUT2D eigenvalue weighted by atomic mass is 9.64. The third-order valence-corrected chi connectivity index (χ3v) is 12.7. The summed E-state index contributed by atoms with van der Waals surface area (Å²) in [7, 11) is -1.42. The molecule has 2 aromatic carbocycles. The molecule has 0 unspecified atom stereocenters. The van der Waals surface area contributed by atoms with Crippen LogP contribution in [-0.4, -0.2) is 13.9 Å². The van der Waals surface area contributed by atoms with Crippen molar-refractivity contribution in [1.29, 1.82) is 0 Å². The van der Waals surface area contributed by atoms with Crippen LogP contribution in [-0.2, 0) is 17.6 Å². The van der Waals surface area contributed by atoms with E-state index in [1.807, 2.05) is 0 Å². The van der Waals surface area contributed by atoms with Crippen molar-refractivity contribution in [1.82, 2.24) is 0 Å². The highest BCUT2D eigenvalue weighted by Crippen LogP contribution is 2.42. The van der Waals surface area contributed by atoms with Crippen molar-refractivity contribution in [2.45, 2.75) is 71.0 Å². The van der Waals surface area contributed by atoms with Crippen molar-refractivity contribution >= 4 is 13.9 Å². The van der Waals surface area contributed by atoms with Gasteiger partial charge in [0.1, 0.15) is 5.78 Å². The van der Waals surface area contributed by atoms with E-state index in [0.717, 1.165) is 32.1 Å². The molecule has 0 N–H and O–H groups in total. The lowest BCUT2D eigenvalue weighted by molar-refractivity contribution is -0.133. The van der Waals surface area contributed by atoms with Gasteiger partial charge in [-0.3, -0.25) is 4.79 Å². The number of hydrogen-bond donors (Lipinski definition) is 0. The number of ketones is 1. The number of carbonyl (C=O) groups excluding carboxylic acids is 1. The summed E-state index contributed by atoms with van der Waals surface area (Å²) in [6.07, 6.45) is 7.28. The van der Waals surface area contributed by atoms with Crippen LogP contribution in [0.5, 0.6) is 0 Å². The minimum absolute atomic E-state index is 0.135. The van der Waals surface area contributed by atoms with Crippen molar-refractivity contribution in [2.75, 3.05) is 0 Å². The zero-order chi connectivity index (χ0) is 21.5. The van der Waals surface area contributed by atoms with Gasteiger partial charge >= 0.3 is 0 Å². The molecule has 1 aliphatic carbocycles. The molecule has 0 amide bonds. The molecule has 2 aromatic rings. The van der Waals surface area contributed by atoms with Gasteiger partial charge < -0.3 is 0 Å². The van der Waals surface area contributed by atoms with Gasteiger partial charge in [0, 0.05) is 5.92 Å². The first-order valence-corrected chi connectivity index (χ1v) is 14.6. The van der Waals surface area contributed by atoms with Crippen LogP contribution in [0.4, 0.5) is 0 Å². The molecule has 30 heavy (non-hydrogen) atoms. The number of carbonyl (C=O) groups is 1. The molecular formula is C28H38OSi. The van der Waals surface area contributed by atoms with Crippen LogP contribution < -0.4 is 0 Å². The summed E-state index contributed by atoms with van der Waals surface area (Å²) in [5.41, 5.74) is 4.79. The lowest BCUT2D eigenvalue weighted by Gasteiger charge is -2.39. The molecule has 0 spiro atoms. The molecule has 2 atom stereocenters. The summed E-state index contributed by atoms with van der Waals surface area (Å²) in [4.78, 5) is 14.0. The van der Waals surface area contributed by atoms with Crippen molar-refractivity contribution in [3.8, 4) is 0 Å². The molecule has 160 valence electrons. The van der Waals surface area contributed by atoms with Crippen molar-refractivity contribution in [3.63, 3.8) is 0 Å². The van der Waals surface area contributed by atoms with Gasteiger partial charge in [-0.25, -0.2) is 0 Å². The first kappa shape index (κ1) is 22.7. The highest BCUT2D eigenvalue weighted by molar-refractivity contribution is 6.84. The Bertz CT molecular complexity index is 814. The number of rotatable bonds is 9. The molecule has 1 aliphatic rings. The highest BCUT2D eigenvalue weighted by atomic mass is 28.3. The molecule has 1 fully saturated rings. The zero-order valence-corrected chi connectivity index (χ0v) is 20.1. The summed E-state index contributed by atoms with van der Waals surface area (Å²) < 4.78 is 0. The molecule has 1 saturated carbocycles. The zero-order valence-electron chi connectivity index (χ0n) is 19.1. The van der Waals surface area contributed by atoms with Gasteiger partial charge in [-0.2, -0.15) is 0 Å². The Morgan fingerprint density at radius 3 is 2.03 bits per heavy atom. The maximum absolute atomic E-state index is 14.0. The summed E-state index contributed by atoms with van der Waals surface area (Å²) in [6, 6.07) is 25.0. The molecule has 0 heterocycles. The lowest BCUT2D eigenvalue weighted by Crippen LogP contribution is -2.42. The largest absolute Gasteiger partial charge is 0.298 e. The second-order valence-corrected chi connectivity index (χ2v) is 14.4. The van der Waals surface area contributed by atoms with Crippen molar-refractivity contribution in [3.05, 3.63) is 83.6 Å². The molecule has 2 heteroatoms. The molecule has 0 radical (unpaired) electrons. The number of allylic oxidation sites excluding steroid dienone is 1. The predicted octanol–water partition coefficient (Wildman–Crippen LogP) is 7.43. The fourth-order valence-electron chi connectivity index (χ4n) is 5.22. The number of hydrogen-bond acceptors (Lipinski definition) is 1. The average molecular weight is 419 g/mol. The van der Waals surface area contributed by atoms with E-state index in [-0.39, 0.29) is 11.3 Å². The SMILES string of the molecule is CC[Si](/C=C/[C@]1(Cc2ccccc2)CCC[C@@H](Cc2ccccc2)C1=O)(CC)CC. The van der Waals surface area contributed by atoms with Crippen LogP contribution in [0.15, 0.2) is 72.4 Å². The van der Waals surface area contributed by atoms with Crippen molar-refractivity contribution in [2.24, 2.45) is 11.3 Å². The maximum atomic E-state index is 14.0. The first-order chi connectivity index (χ1) is 14.6. The predicted molar refractivity (Wildman–Crippen MR) is 131 cm³/mol. The van der Waals surface area contributed by atoms with Gasteiger partial charge in [-0.15, -0.1) is 0 Å². The van der Waals surface area contributed by atoms with Crippen LogP contribution in [0, 0.1) is 11.3 Å². The van der Waals surface area contributed by atoms with Crippen LogP contribution in [0.3, 0.4) is 0 Å². The van der Waals surface area contributed by atoms with Crippen molar-refractivity contribution < 1.29 is 4.79 Å². The molecule has 0 aliphatic heterocycles. The van der Waals surface area contributed by atoms with Crippen LogP contribution in [0.25, 0.3) is 0 Å². The van der Waals surface area contributed by atoms with E-state index in [2.05, 4.69) is 93.2 Å². The van der Waals surface area contributed by atoms with E-state index in [9.17, 15) is 4.79 Å². The Balaban J connectivity index is 1.94. The number of Topliss-reactive ketones (excluding diaryl/α,β-unsaturated/α-hetero) is 1. The molecule has 1 nitrogen and oxygen atoms in total. The molecule has 0 saturated heterocycles. The molecule has 0 bridgehead atoms. The third kappa shape index (κ3) is 5.21. The highest BCUT2D eigenvalue weighted by Gasteiger charge is 2.43. The summed E-state index contributed by atoms with van der Waals surface area (Å²) in [5, 5.41) is 0. The van der Waals surface area contributed by atoms with Gasteiger partial charge in [-0.05, 0) is 36.8 Å². The van der Waals surface area contributed by atoms with E-state index in [1.165, 1.54) is 29.3 Å². The Morgan fingerprint density at radius 1 is 0.900 bits per heavy atom. The second-order valence-electron chi connectivity index (χ2n) is 9.22. The maximum Gasteiger partial charge on any atom is 0.146 e. The fraction of sp³-hybridized carbons (Fsp3) is 0.464. The third-order valence-electron chi connectivity index (χ3n) is 7.59. The van der Waals surface area contributed by atoms with E-state index < -0.39 is 8.07 Å². The van der Waals surface area contributed by atoms with E-state index in [0.29, 0.717) is 5.78 Å². The van der Waals surface area contributed by atoms with Crippen LogP contribution >= 0.6 is 0 Å². The van der Waals surface area contributed by atoms with Crippen LogP contribution in [0.2, 0.25) is 18.1 Å². The Kier molecular flexibility index (Phi) is 7.88. The molecule has 0 aromatic heterocycles. The van der Waals surface area contributed by atoms with Crippen LogP contribution in [0.1, 0.15) is 51.2 Å². The summed E-state index contributed by atoms with van der Waals surface area (Å²) in [5.74, 6) is 0.611. The standard InChI is InChI=1S/C28H38OSi/c1-4-30(5-2,6-3)21-20-28(23-25-16-11-8-12-17-25)19-13-18-26(27(28)29)22-24-14-9-7-10-15-24/h7-12,14-17,20-21,26H,4-6,13,18-19,22-23H2,1-3H3/b21-20+/t26-,28-/m0/s1. The van der Waals surface area contributed by atoms with Gasteiger partial charge in [0.25, 0.3) is 0 Å². The summed E-state index contributed by atoms with van der Waals surface area (Å²) >= 11 is 0. The monoisotopic (exact) mass is 418 g/mol. The Labute approximate surface area is 184 Å². The Hall–Kier alpha value is -1.93. The topological polar surface area (TPSA) is 17.1 Å². The second kappa shape index (κ2) is 10.4. The van der Waals surface area contributed by atoms with E-state index >= 15 is 0 Å². The quantitative estimate of drug-likeness (QED) is 0.387.